The zero-order valence-electron chi connectivity index (χ0n) is 14.1. The van der Waals surface area contributed by atoms with Crippen molar-refractivity contribution in [1.82, 2.24) is 0 Å². The van der Waals surface area contributed by atoms with Gasteiger partial charge in [0.05, 0.1) is 5.56 Å². The lowest BCUT2D eigenvalue weighted by Crippen LogP contribution is -2.32. The van der Waals surface area contributed by atoms with E-state index in [2.05, 4.69) is 5.32 Å². The predicted molar refractivity (Wildman–Crippen MR) is 90.6 cm³/mol. The summed E-state index contributed by atoms with van der Waals surface area (Å²) in [4.78, 5) is 12.3. The van der Waals surface area contributed by atoms with E-state index in [9.17, 15) is 18.0 Å². The molecule has 0 aliphatic carbocycles. The van der Waals surface area contributed by atoms with Crippen LogP contribution in [0.2, 0.25) is 0 Å². The van der Waals surface area contributed by atoms with Crippen molar-refractivity contribution in [3.05, 3.63) is 59.7 Å². The summed E-state index contributed by atoms with van der Waals surface area (Å²) >= 11 is 0. The van der Waals surface area contributed by atoms with E-state index >= 15 is 0 Å². The maximum absolute atomic E-state index is 12.7. The van der Waals surface area contributed by atoms with Crippen molar-refractivity contribution in [2.75, 3.05) is 5.32 Å². The zero-order chi connectivity index (χ0) is 18.4. The molecule has 0 aliphatic heterocycles. The molecule has 0 saturated carbocycles. The molecule has 2 rings (SSSR count). The third-order valence-corrected chi connectivity index (χ3v) is 3.73. The second-order valence-electron chi connectivity index (χ2n) is 5.58. The Morgan fingerprint density at radius 1 is 1.12 bits per heavy atom. The molecule has 0 saturated heterocycles. The van der Waals surface area contributed by atoms with E-state index in [-0.39, 0.29) is 5.69 Å². The number of benzene rings is 2. The number of carbonyl (C=O) groups is 1. The summed E-state index contributed by atoms with van der Waals surface area (Å²) in [6.07, 6.45) is -3.96. The summed E-state index contributed by atoms with van der Waals surface area (Å²) in [5.74, 6) is 0.0598. The number of ether oxygens (including phenoxy) is 1. The Morgan fingerprint density at radius 3 is 2.36 bits per heavy atom. The molecule has 1 unspecified atom stereocenters. The number of carbonyl (C=O) groups excluding carboxylic acids is 1. The number of rotatable bonds is 6. The van der Waals surface area contributed by atoms with Gasteiger partial charge in [0.15, 0.2) is 6.10 Å². The molecule has 25 heavy (non-hydrogen) atoms. The van der Waals surface area contributed by atoms with Gasteiger partial charge in [0.2, 0.25) is 0 Å². The fraction of sp³-hybridized carbons (Fsp3) is 0.316. The fourth-order valence-corrected chi connectivity index (χ4v) is 2.29. The summed E-state index contributed by atoms with van der Waals surface area (Å²) in [6.45, 7) is 3.81. The number of aryl methyl sites for hydroxylation is 1. The van der Waals surface area contributed by atoms with Gasteiger partial charge in [-0.15, -0.1) is 0 Å². The Labute approximate surface area is 144 Å². The van der Waals surface area contributed by atoms with Crippen LogP contribution in [-0.2, 0) is 17.4 Å². The minimum Gasteiger partial charge on any atom is -0.481 e. The number of hydrogen-bond acceptors (Lipinski definition) is 2. The highest BCUT2D eigenvalue weighted by molar-refractivity contribution is 5.94. The van der Waals surface area contributed by atoms with Crippen LogP contribution in [0.15, 0.2) is 48.5 Å². The first-order valence-electron chi connectivity index (χ1n) is 8.07. The van der Waals surface area contributed by atoms with Gasteiger partial charge in [0.1, 0.15) is 5.75 Å². The van der Waals surface area contributed by atoms with Crippen molar-refractivity contribution in [1.29, 1.82) is 0 Å². The van der Waals surface area contributed by atoms with Crippen LogP contribution in [0.25, 0.3) is 0 Å². The van der Waals surface area contributed by atoms with Crippen molar-refractivity contribution in [2.45, 2.75) is 39.0 Å². The summed E-state index contributed by atoms with van der Waals surface area (Å²) in [5, 5.41) is 2.48. The van der Waals surface area contributed by atoms with E-state index in [1.165, 1.54) is 12.1 Å². The summed E-state index contributed by atoms with van der Waals surface area (Å²) < 4.78 is 43.9. The Bertz CT molecular complexity index is 711. The monoisotopic (exact) mass is 351 g/mol. The molecule has 1 N–H and O–H groups in total. The van der Waals surface area contributed by atoms with E-state index in [1.54, 1.807) is 19.1 Å². The van der Waals surface area contributed by atoms with Gasteiger partial charge in [-0.3, -0.25) is 4.79 Å². The van der Waals surface area contributed by atoms with Gasteiger partial charge in [-0.1, -0.05) is 32.0 Å². The first-order chi connectivity index (χ1) is 11.8. The summed E-state index contributed by atoms with van der Waals surface area (Å²) in [6, 6.07) is 11.9. The van der Waals surface area contributed by atoms with Crippen molar-refractivity contribution < 1.29 is 22.7 Å². The Hall–Kier alpha value is -2.50. The van der Waals surface area contributed by atoms with Gasteiger partial charge in [0.25, 0.3) is 5.91 Å². The molecule has 0 fully saturated rings. The van der Waals surface area contributed by atoms with Crippen LogP contribution in [0, 0.1) is 0 Å². The average Bonchev–Trinajstić information content (AvgIpc) is 2.59. The second kappa shape index (κ2) is 8.05. The molecule has 0 bridgehead atoms. The molecule has 2 aromatic carbocycles. The van der Waals surface area contributed by atoms with Gasteiger partial charge in [-0.05, 0) is 48.7 Å². The van der Waals surface area contributed by atoms with Crippen molar-refractivity contribution >= 4 is 11.6 Å². The Morgan fingerprint density at radius 2 is 1.80 bits per heavy atom. The van der Waals surface area contributed by atoms with Crippen LogP contribution in [0.5, 0.6) is 5.75 Å². The van der Waals surface area contributed by atoms with Crippen molar-refractivity contribution in [3.63, 3.8) is 0 Å². The first kappa shape index (κ1) is 18.8. The van der Waals surface area contributed by atoms with Gasteiger partial charge >= 0.3 is 6.18 Å². The van der Waals surface area contributed by atoms with Crippen LogP contribution in [0.3, 0.4) is 0 Å². The lowest BCUT2D eigenvalue weighted by molar-refractivity contribution is -0.137. The van der Waals surface area contributed by atoms with E-state index in [0.717, 1.165) is 24.1 Å². The molecule has 0 aromatic heterocycles. The summed E-state index contributed by atoms with van der Waals surface area (Å²) in [7, 11) is 0. The predicted octanol–water partition coefficient (Wildman–Crippen LogP) is 5.06. The van der Waals surface area contributed by atoms with E-state index in [1.807, 2.05) is 19.1 Å². The standard InChI is InChI=1S/C19H20F3NO2/c1-3-13-8-10-16(11-9-13)25-17(4-2)18(24)23-15-7-5-6-14(12-15)19(20,21)22/h5-12,17H,3-4H2,1-2H3,(H,23,24). The van der Waals surface area contributed by atoms with E-state index < -0.39 is 23.8 Å². The molecule has 6 heteroatoms. The third-order valence-electron chi connectivity index (χ3n) is 3.73. The third kappa shape index (κ3) is 5.24. The molecule has 134 valence electrons. The van der Waals surface area contributed by atoms with Crippen molar-refractivity contribution in [2.24, 2.45) is 0 Å². The molecule has 2 aromatic rings. The maximum Gasteiger partial charge on any atom is 0.416 e. The molecule has 1 atom stereocenters. The number of hydrogen-bond donors (Lipinski definition) is 1. The smallest absolute Gasteiger partial charge is 0.416 e. The molecule has 0 radical (unpaired) electrons. The topological polar surface area (TPSA) is 38.3 Å². The van der Waals surface area contributed by atoms with Crippen LogP contribution in [0.1, 0.15) is 31.4 Å². The average molecular weight is 351 g/mol. The number of nitrogens with one attached hydrogen (secondary N) is 1. The molecule has 3 nitrogen and oxygen atoms in total. The number of anilines is 1. The largest absolute Gasteiger partial charge is 0.481 e. The minimum atomic E-state index is -4.46. The molecule has 0 spiro atoms. The molecule has 1 amide bonds. The molecule has 0 heterocycles. The quantitative estimate of drug-likeness (QED) is 0.790. The SMILES string of the molecule is CCc1ccc(OC(CC)C(=O)Nc2cccc(C(F)(F)F)c2)cc1. The highest BCUT2D eigenvalue weighted by atomic mass is 19.4. The van der Waals surface area contributed by atoms with Gasteiger partial charge in [-0.25, -0.2) is 0 Å². The highest BCUT2D eigenvalue weighted by Crippen LogP contribution is 2.30. The van der Waals surface area contributed by atoms with E-state index in [0.29, 0.717) is 12.2 Å². The highest BCUT2D eigenvalue weighted by Gasteiger charge is 2.30. The lowest BCUT2D eigenvalue weighted by atomic mass is 10.1. The number of alkyl halides is 3. The van der Waals surface area contributed by atoms with Crippen LogP contribution >= 0.6 is 0 Å². The van der Waals surface area contributed by atoms with Crippen LogP contribution in [0.4, 0.5) is 18.9 Å². The second-order valence-corrected chi connectivity index (χ2v) is 5.58. The first-order valence-corrected chi connectivity index (χ1v) is 8.07. The van der Waals surface area contributed by atoms with Gasteiger partial charge in [-0.2, -0.15) is 13.2 Å². The van der Waals surface area contributed by atoms with Crippen LogP contribution < -0.4 is 10.1 Å². The molecular formula is C19H20F3NO2. The molecular weight excluding hydrogens is 331 g/mol. The Balaban J connectivity index is 2.06. The van der Waals surface area contributed by atoms with Crippen LogP contribution in [-0.4, -0.2) is 12.0 Å². The van der Waals surface area contributed by atoms with Gasteiger partial charge in [0, 0.05) is 5.69 Å². The number of halogens is 3. The molecule has 0 aliphatic rings. The lowest BCUT2D eigenvalue weighted by Gasteiger charge is -2.18. The minimum absolute atomic E-state index is 0.0863. The van der Waals surface area contributed by atoms with Crippen molar-refractivity contribution in [3.8, 4) is 5.75 Å². The number of amides is 1. The summed E-state index contributed by atoms with van der Waals surface area (Å²) in [5.41, 5.74) is 0.423. The van der Waals surface area contributed by atoms with E-state index in [4.69, 9.17) is 4.74 Å². The zero-order valence-corrected chi connectivity index (χ0v) is 14.1. The maximum atomic E-state index is 12.7. The normalized spacial score (nSPS) is 12.5. The fourth-order valence-electron chi connectivity index (χ4n) is 2.29. The Kier molecular flexibility index (Phi) is 6.07. The van der Waals surface area contributed by atoms with Gasteiger partial charge < -0.3 is 10.1 Å².